The predicted molar refractivity (Wildman–Crippen MR) is 67.1 cm³/mol. The molecule has 0 bridgehead atoms. The summed E-state index contributed by atoms with van der Waals surface area (Å²) in [6, 6.07) is 0.584. The van der Waals surface area contributed by atoms with E-state index in [0.717, 1.165) is 19.5 Å². The molecule has 1 unspecified atom stereocenters. The van der Waals surface area contributed by atoms with Crippen LogP contribution in [0.25, 0.3) is 0 Å². The summed E-state index contributed by atoms with van der Waals surface area (Å²) in [6.07, 6.45) is 0.833. The van der Waals surface area contributed by atoms with Crippen LogP contribution in [0.1, 0.15) is 6.42 Å². The molecule has 8 heteroatoms. The molecule has 1 aromatic rings. The van der Waals surface area contributed by atoms with Gasteiger partial charge >= 0.3 is 0 Å². The monoisotopic (exact) mass is 308 g/mol. The van der Waals surface area contributed by atoms with Crippen LogP contribution < -0.4 is 4.72 Å². The molecular formula is C12H15F3N2O2S. The molecule has 20 heavy (non-hydrogen) atoms. The standard InChI is InChI=1S/C12H15F3N2O2S/c1-17-3-2-8(7-17)6-16-20(18,19)12-5-10(14)9(13)4-11(12)15/h4-5,8,16H,2-3,6-7H2,1H3. The Morgan fingerprint density at radius 3 is 2.50 bits per heavy atom. The first-order chi connectivity index (χ1) is 9.29. The molecule has 2 rings (SSSR count). The van der Waals surface area contributed by atoms with Crippen molar-refractivity contribution >= 4 is 10.0 Å². The van der Waals surface area contributed by atoms with Crippen LogP contribution in [-0.2, 0) is 10.0 Å². The van der Waals surface area contributed by atoms with Gasteiger partial charge in [-0.1, -0.05) is 0 Å². The summed E-state index contributed by atoms with van der Waals surface area (Å²) in [4.78, 5) is 1.18. The third kappa shape index (κ3) is 3.31. The van der Waals surface area contributed by atoms with Crippen molar-refractivity contribution in [3.8, 4) is 0 Å². The fraction of sp³-hybridized carbons (Fsp3) is 0.500. The van der Waals surface area contributed by atoms with Gasteiger partial charge in [0.1, 0.15) is 10.7 Å². The van der Waals surface area contributed by atoms with E-state index in [1.54, 1.807) is 0 Å². The predicted octanol–water partition coefficient (Wildman–Crippen LogP) is 1.33. The van der Waals surface area contributed by atoms with Crippen molar-refractivity contribution in [1.82, 2.24) is 9.62 Å². The van der Waals surface area contributed by atoms with E-state index in [4.69, 9.17) is 0 Å². The van der Waals surface area contributed by atoms with Gasteiger partial charge in [-0.3, -0.25) is 0 Å². The first kappa shape index (κ1) is 15.3. The van der Waals surface area contributed by atoms with Gasteiger partial charge in [-0.2, -0.15) is 0 Å². The van der Waals surface area contributed by atoms with Gasteiger partial charge in [-0.15, -0.1) is 0 Å². The molecule has 0 amide bonds. The number of rotatable bonds is 4. The van der Waals surface area contributed by atoms with E-state index in [-0.39, 0.29) is 18.5 Å². The molecule has 1 aliphatic heterocycles. The Bertz CT molecular complexity index is 607. The summed E-state index contributed by atoms with van der Waals surface area (Å²) in [5, 5.41) is 0. The van der Waals surface area contributed by atoms with Crippen molar-refractivity contribution in [2.75, 3.05) is 26.7 Å². The molecule has 1 saturated heterocycles. The minimum Gasteiger partial charge on any atom is -0.306 e. The highest BCUT2D eigenvalue weighted by Gasteiger charge is 2.25. The summed E-state index contributed by atoms with van der Waals surface area (Å²) >= 11 is 0. The Balaban J connectivity index is 2.12. The van der Waals surface area contributed by atoms with Crippen LogP contribution in [0.5, 0.6) is 0 Å². The summed E-state index contributed by atoms with van der Waals surface area (Å²) in [5.41, 5.74) is 0. The van der Waals surface area contributed by atoms with Gasteiger partial charge in [0.2, 0.25) is 10.0 Å². The molecule has 112 valence electrons. The van der Waals surface area contributed by atoms with E-state index < -0.39 is 32.4 Å². The van der Waals surface area contributed by atoms with Gasteiger partial charge in [0.25, 0.3) is 0 Å². The van der Waals surface area contributed by atoms with Crippen LogP contribution in [0.3, 0.4) is 0 Å². The summed E-state index contributed by atoms with van der Waals surface area (Å²) in [7, 11) is -2.27. The van der Waals surface area contributed by atoms with Crippen molar-refractivity contribution in [3.63, 3.8) is 0 Å². The number of nitrogens with one attached hydrogen (secondary N) is 1. The third-order valence-electron chi connectivity index (χ3n) is 3.32. The fourth-order valence-electron chi connectivity index (χ4n) is 2.21. The van der Waals surface area contributed by atoms with E-state index in [0.29, 0.717) is 6.07 Å². The maximum Gasteiger partial charge on any atom is 0.243 e. The second-order valence-corrected chi connectivity index (χ2v) is 6.70. The van der Waals surface area contributed by atoms with Crippen LogP contribution >= 0.6 is 0 Å². The minimum atomic E-state index is -4.19. The molecular weight excluding hydrogens is 293 g/mol. The number of benzene rings is 1. The van der Waals surface area contributed by atoms with Crippen molar-refractivity contribution in [1.29, 1.82) is 0 Å². The molecule has 0 saturated carbocycles. The Hall–Kier alpha value is -1.12. The van der Waals surface area contributed by atoms with E-state index in [1.807, 2.05) is 7.05 Å². The first-order valence-electron chi connectivity index (χ1n) is 6.12. The lowest BCUT2D eigenvalue weighted by Gasteiger charge is -2.12. The minimum absolute atomic E-state index is 0.128. The van der Waals surface area contributed by atoms with Crippen molar-refractivity contribution in [2.24, 2.45) is 5.92 Å². The zero-order valence-corrected chi connectivity index (χ0v) is 11.7. The molecule has 1 aliphatic rings. The molecule has 1 heterocycles. The smallest absolute Gasteiger partial charge is 0.243 e. The van der Waals surface area contributed by atoms with Crippen molar-refractivity contribution < 1.29 is 21.6 Å². The van der Waals surface area contributed by atoms with Gasteiger partial charge in [-0.25, -0.2) is 26.3 Å². The molecule has 4 nitrogen and oxygen atoms in total. The number of likely N-dealkylation sites (tertiary alicyclic amines) is 1. The zero-order chi connectivity index (χ0) is 14.9. The molecule has 0 aromatic heterocycles. The van der Waals surface area contributed by atoms with Gasteiger partial charge < -0.3 is 4.90 Å². The lowest BCUT2D eigenvalue weighted by Crippen LogP contribution is -2.31. The zero-order valence-electron chi connectivity index (χ0n) is 10.9. The topological polar surface area (TPSA) is 49.4 Å². The second kappa shape index (κ2) is 5.71. The Kier molecular flexibility index (Phi) is 4.36. The maximum absolute atomic E-state index is 13.5. The average Bonchev–Trinajstić information content (AvgIpc) is 2.77. The van der Waals surface area contributed by atoms with Crippen LogP contribution in [0.4, 0.5) is 13.2 Å². The number of halogens is 3. The van der Waals surface area contributed by atoms with Crippen LogP contribution in [0.2, 0.25) is 0 Å². The van der Waals surface area contributed by atoms with E-state index in [9.17, 15) is 21.6 Å². The Morgan fingerprint density at radius 2 is 1.90 bits per heavy atom. The lowest BCUT2D eigenvalue weighted by molar-refractivity contribution is 0.394. The summed E-state index contributed by atoms with van der Waals surface area (Å²) in [5.74, 6) is -3.99. The summed E-state index contributed by atoms with van der Waals surface area (Å²) in [6.45, 7) is 1.75. The van der Waals surface area contributed by atoms with E-state index in [2.05, 4.69) is 9.62 Å². The SMILES string of the molecule is CN1CCC(CNS(=O)(=O)c2cc(F)c(F)cc2F)C1. The number of hydrogen-bond donors (Lipinski definition) is 1. The highest BCUT2D eigenvalue weighted by molar-refractivity contribution is 7.89. The van der Waals surface area contributed by atoms with Crippen LogP contribution in [0.15, 0.2) is 17.0 Å². The van der Waals surface area contributed by atoms with Crippen molar-refractivity contribution in [3.05, 3.63) is 29.6 Å². The lowest BCUT2D eigenvalue weighted by atomic mass is 10.1. The highest BCUT2D eigenvalue weighted by Crippen LogP contribution is 2.19. The van der Waals surface area contributed by atoms with Gasteiger partial charge in [0.15, 0.2) is 11.6 Å². The average molecular weight is 308 g/mol. The van der Waals surface area contributed by atoms with Gasteiger partial charge in [-0.05, 0) is 32.0 Å². The maximum atomic E-state index is 13.5. The largest absolute Gasteiger partial charge is 0.306 e. The van der Waals surface area contributed by atoms with E-state index in [1.165, 1.54) is 0 Å². The molecule has 1 fully saturated rings. The first-order valence-corrected chi connectivity index (χ1v) is 7.60. The Morgan fingerprint density at radius 1 is 1.25 bits per heavy atom. The van der Waals surface area contributed by atoms with Gasteiger partial charge in [0, 0.05) is 19.2 Å². The number of nitrogens with zero attached hydrogens (tertiary/aromatic N) is 1. The molecule has 1 N–H and O–H groups in total. The number of sulfonamides is 1. The highest BCUT2D eigenvalue weighted by atomic mass is 32.2. The normalized spacial score (nSPS) is 20.5. The van der Waals surface area contributed by atoms with Crippen molar-refractivity contribution in [2.45, 2.75) is 11.3 Å². The molecule has 0 aliphatic carbocycles. The quantitative estimate of drug-likeness (QED) is 0.854. The summed E-state index contributed by atoms with van der Waals surface area (Å²) < 4.78 is 65.3. The second-order valence-electron chi connectivity index (χ2n) is 4.97. The third-order valence-corrected chi connectivity index (χ3v) is 4.75. The number of hydrogen-bond acceptors (Lipinski definition) is 3. The van der Waals surface area contributed by atoms with Crippen LogP contribution in [-0.4, -0.2) is 40.0 Å². The molecule has 1 atom stereocenters. The van der Waals surface area contributed by atoms with Gasteiger partial charge in [0.05, 0.1) is 0 Å². The molecule has 0 spiro atoms. The molecule has 1 aromatic carbocycles. The Labute approximate surface area is 115 Å². The van der Waals surface area contributed by atoms with E-state index >= 15 is 0 Å². The molecule has 0 radical (unpaired) electrons. The van der Waals surface area contributed by atoms with Crippen LogP contribution in [0, 0.1) is 23.4 Å². The fourth-order valence-corrected chi connectivity index (χ4v) is 3.39.